The number of rotatable bonds is 2. The third kappa shape index (κ3) is 3.64. The van der Waals surface area contributed by atoms with Gasteiger partial charge in [0.1, 0.15) is 0 Å². The summed E-state index contributed by atoms with van der Waals surface area (Å²) in [6, 6.07) is 4.27. The number of ether oxygens (including phenoxy) is 3. The fraction of sp³-hybridized carbons (Fsp3) is 0.739. The Morgan fingerprint density at radius 3 is 2.43 bits per heavy atom. The van der Waals surface area contributed by atoms with Crippen LogP contribution in [0.3, 0.4) is 0 Å². The summed E-state index contributed by atoms with van der Waals surface area (Å²) in [6.45, 7) is 0.529. The second kappa shape index (κ2) is 8.41. The van der Waals surface area contributed by atoms with Gasteiger partial charge in [0.25, 0.3) is 5.79 Å². The summed E-state index contributed by atoms with van der Waals surface area (Å²) in [4.78, 5) is 0. The van der Waals surface area contributed by atoms with Crippen LogP contribution in [0.5, 0.6) is 11.5 Å². The van der Waals surface area contributed by atoms with Crippen LogP contribution in [0.15, 0.2) is 12.1 Å². The van der Waals surface area contributed by atoms with E-state index >= 15 is 0 Å². The van der Waals surface area contributed by atoms with Crippen molar-refractivity contribution in [1.29, 1.82) is 0 Å². The average Bonchev–Trinajstić information content (AvgIpc) is 2.95. The lowest BCUT2D eigenvalue weighted by Gasteiger charge is -2.31. The number of benzene rings is 1. The minimum absolute atomic E-state index is 0. The summed E-state index contributed by atoms with van der Waals surface area (Å²) < 4.78 is 19.5. The van der Waals surface area contributed by atoms with Gasteiger partial charge in [0, 0.05) is 24.9 Å². The van der Waals surface area contributed by atoms with Crippen LogP contribution in [0.25, 0.3) is 0 Å². The molecule has 1 aromatic carbocycles. The predicted molar refractivity (Wildman–Crippen MR) is 112 cm³/mol. The molecule has 1 spiro atoms. The Morgan fingerprint density at radius 2 is 1.68 bits per heavy atom. The largest absolute Gasteiger partial charge is 0.448 e. The van der Waals surface area contributed by atoms with Crippen molar-refractivity contribution >= 4 is 12.4 Å². The molecule has 4 aliphatic rings. The molecule has 2 heterocycles. The molecule has 1 aromatic rings. The lowest BCUT2D eigenvalue weighted by Crippen LogP contribution is -2.40. The Morgan fingerprint density at radius 1 is 0.929 bits per heavy atom. The lowest BCUT2D eigenvalue weighted by atomic mass is 9.83. The van der Waals surface area contributed by atoms with Gasteiger partial charge in [-0.1, -0.05) is 31.7 Å². The molecule has 2 aliphatic carbocycles. The van der Waals surface area contributed by atoms with Crippen molar-refractivity contribution in [3.8, 4) is 11.5 Å². The molecule has 5 heteroatoms. The van der Waals surface area contributed by atoms with Gasteiger partial charge in [-0.15, -0.1) is 12.4 Å². The van der Waals surface area contributed by atoms with E-state index in [0.717, 1.165) is 37.2 Å². The van der Waals surface area contributed by atoms with Crippen molar-refractivity contribution in [2.45, 2.75) is 95.0 Å². The molecule has 28 heavy (non-hydrogen) atoms. The van der Waals surface area contributed by atoms with Crippen LogP contribution in [0, 0.1) is 5.92 Å². The predicted octanol–water partition coefficient (Wildman–Crippen LogP) is 5.45. The molecule has 2 fully saturated rings. The summed E-state index contributed by atoms with van der Waals surface area (Å²) >= 11 is 0. The molecular formula is C23H34ClNO3. The van der Waals surface area contributed by atoms with Crippen LogP contribution in [0.4, 0.5) is 0 Å². The summed E-state index contributed by atoms with van der Waals surface area (Å²) in [5.74, 6) is 2.20. The van der Waals surface area contributed by atoms with Crippen molar-refractivity contribution in [3.05, 3.63) is 23.3 Å². The number of hydrogen-bond donors (Lipinski definition) is 1. The maximum absolute atomic E-state index is 6.60. The first-order chi connectivity index (χ1) is 13.3. The standard InChI is InChI=1S/C23H33NO3.ClH/c24-15-21-17-9-12-20-22(27-23(26-20)13-5-2-6-14-23)18(17)10-11-19(25-21)16-7-3-1-4-8-16;/h9,12,16,19,21H,1-8,10-11,13-15,24H2;1H/t19-,21-;/m0./s1. The zero-order chi connectivity index (χ0) is 18.3. The Kier molecular flexibility index (Phi) is 6.10. The van der Waals surface area contributed by atoms with Gasteiger partial charge in [-0.05, 0) is 56.1 Å². The monoisotopic (exact) mass is 407 g/mol. The highest BCUT2D eigenvalue weighted by Gasteiger charge is 2.44. The van der Waals surface area contributed by atoms with E-state index in [9.17, 15) is 0 Å². The highest BCUT2D eigenvalue weighted by molar-refractivity contribution is 5.85. The van der Waals surface area contributed by atoms with E-state index in [4.69, 9.17) is 19.9 Å². The van der Waals surface area contributed by atoms with Crippen molar-refractivity contribution in [2.75, 3.05) is 6.54 Å². The molecule has 0 radical (unpaired) electrons. The summed E-state index contributed by atoms with van der Waals surface area (Å²) in [5, 5.41) is 0. The van der Waals surface area contributed by atoms with Gasteiger partial charge < -0.3 is 19.9 Å². The van der Waals surface area contributed by atoms with Crippen LogP contribution >= 0.6 is 12.4 Å². The van der Waals surface area contributed by atoms with Crippen LogP contribution < -0.4 is 15.2 Å². The van der Waals surface area contributed by atoms with Gasteiger partial charge in [0.15, 0.2) is 11.5 Å². The van der Waals surface area contributed by atoms with Crippen LogP contribution in [0.2, 0.25) is 0 Å². The highest BCUT2D eigenvalue weighted by Crippen LogP contribution is 2.50. The Balaban J connectivity index is 0.00000192. The van der Waals surface area contributed by atoms with Gasteiger partial charge in [-0.2, -0.15) is 0 Å². The van der Waals surface area contributed by atoms with Crippen molar-refractivity contribution < 1.29 is 14.2 Å². The van der Waals surface area contributed by atoms with E-state index in [1.165, 1.54) is 62.5 Å². The second-order valence-corrected chi connectivity index (χ2v) is 8.97. The maximum atomic E-state index is 6.60. The van der Waals surface area contributed by atoms with Gasteiger partial charge in [-0.25, -0.2) is 0 Å². The smallest absolute Gasteiger partial charge is 0.251 e. The van der Waals surface area contributed by atoms with Crippen LogP contribution in [0.1, 0.15) is 87.9 Å². The van der Waals surface area contributed by atoms with Gasteiger partial charge >= 0.3 is 0 Å². The molecule has 0 bridgehead atoms. The first kappa shape index (κ1) is 20.3. The van der Waals surface area contributed by atoms with E-state index in [1.807, 2.05) is 0 Å². The molecule has 2 atom stereocenters. The summed E-state index contributed by atoms with van der Waals surface area (Å²) in [5.41, 5.74) is 8.69. The topological polar surface area (TPSA) is 53.7 Å². The third-order valence-corrected chi connectivity index (χ3v) is 7.21. The molecule has 2 aliphatic heterocycles. The second-order valence-electron chi connectivity index (χ2n) is 8.97. The average molecular weight is 408 g/mol. The minimum atomic E-state index is -0.413. The first-order valence-electron chi connectivity index (χ1n) is 11.2. The maximum Gasteiger partial charge on any atom is 0.251 e. The number of halogens is 1. The molecule has 156 valence electrons. The molecular weight excluding hydrogens is 374 g/mol. The minimum Gasteiger partial charge on any atom is -0.448 e. The molecule has 0 saturated heterocycles. The lowest BCUT2D eigenvalue weighted by molar-refractivity contribution is -0.105. The molecule has 5 rings (SSSR count). The van der Waals surface area contributed by atoms with Crippen molar-refractivity contribution in [1.82, 2.24) is 0 Å². The summed E-state index contributed by atoms with van der Waals surface area (Å²) in [6.07, 6.45) is 14.7. The Labute approximate surface area is 174 Å². The zero-order valence-electron chi connectivity index (χ0n) is 16.8. The molecule has 0 amide bonds. The van der Waals surface area contributed by atoms with Crippen molar-refractivity contribution in [2.24, 2.45) is 11.7 Å². The fourth-order valence-electron chi connectivity index (χ4n) is 5.75. The van der Waals surface area contributed by atoms with Gasteiger partial charge in [0.2, 0.25) is 0 Å². The molecule has 4 nitrogen and oxygen atoms in total. The van der Waals surface area contributed by atoms with E-state index < -0.39 is 5.79 Å². The quantitative estimate of drug-likeness (QED) is 0.707. The number of nitrogens with two attached hydrogens (primary N) is 1. The molecule has 2 N–H and O–H groups in total. The molecule has 2 saturated carbocycles. The van der Waals surface area contributed by atoms with Gasteiger partial charge in [-0.3, -0.25) is 0 Å². The molecule has 0 aromatic heterocycles. The fourth-order valence-corrected chi connectivity index (χ4v) is 5.75. The zero-order valence-corrected chi connectivity index (χ0v) is 17.6. The molecule has 0 unspecified atom stereocenters. The Hall–Kier alpha value is -0.970. The third-order valence-electron chi connectivity index (χ3n) is 7.21. The number of fused-ring (bicyclic) bond motifs is 3. The van der Waals surface area contributed by atoms with E-state index in [2.05, 4.69) is 12.1 Å². The van der Waals surface area contributed by atoms with Gasteiger partial charge in [0.05, 0.1) is 12.2 Å². The van der Waals surface area contributed by atoms with E-state index in [0.29, 0.717) is 18.6 Å². The highest BCUT2D eigenvalue weighted by atomic mass is 35.5. The van der Waals surface area contributed by atoms with Crippen LogP contribution in [-0.4, -0.2) is 18.4 Å². The Bertz CT molecular complexity index is 683. The summed E-state index contributed by atoms with van der Waals surface area (Å²) in [7, 11) is 0. The normalized spacial score (nSPS) is 29.0. The van der Waals surface area contributed by atoms with E-state index in [1.54, 1.807) is 0 Å². The number of hydrogen-bond acceptors (Lipinski definition) is 4. The van der Waals surface area contributed by atoms with Crippen molar-refractivity contribution in [3.63, 3.8) is 0 Å². The SMILES string of the molecule is Cl.NC[C@@H]1O[C@H](C2CCCCC2)CCc2c1ccc1c2OC2(CCCCC2)O1. The van der Waals surface area contributed by atoms with Crippen LogP contribution in [-0.2, 0) is 11.2 Å². The van der Waals surface area contributed by atoms with E-state index in [-0.39, 0.29) is 18.5 Å². The first-order valence-corrected chi connectivity index (χ1v) is 11.2.